The molecule has 0 atom stereocenters. The van der Waals surface area contributed by atoms with Crippen molar-refractivity contribution in [3.05, 3.63) is 29.8 Å². The van der Waals surface area contributed by atoms with Crippen LogP contribution in [0.4, 0.5) is 5.69 Å². The lowest BCUT2D eigenvalue weighted by Crippen LogP contribution is -2.34. The average Bonchev–Trinajstić information content (AvgIpc) is 3.15. The Balaban J connectivity index is 1.95. The summed E-state index contributed by atoms with van der Waals surface area (Å²) in [6.07, 6.45) is 8.15. The van der Waals surface area contributed by atoms with Crippen LogP contribution < -0.4 is 5.73 Å². The zero-order valence-electron chi connectivity index (χ0n) is 10.4. The molecule has 0 spiro atoms. The highest BCUT2D eigenvalue weighted by Gasteiger charge is 2.26. The average molecular weight is 242 g/mol. The maximum absolute atomic E-state index is 12.1. The molecule has 1 aromatic carbocycles. The Kier molecular flexibility index (Phi) is 3.88. The van der Waals surface area contributed by atoms with Crippen molar-refractivity contribution in [1.82, 2.24) is 4.90 Å². The van der Waals surface area contributed by atoms with E-state index in [1.54, 1.807) is 4.90 Å². The standard InChI is InChI=1S/C15H18N2O/c1-2-9-17(11-13-3-4-13)15(18)10-12-5-7-14(16)8-6-12/h1,5-8,13H,3-4,9-11,16H2. The molecule has 0 aromatic heterocycles. The Labute approximate surface area is 108 Å². The summed E-state index contributed by atoms with van der Waals surface area (Å²) in [6.45, 7) is 1.21. The first kappa shape index (κ1) is 12.5. The Bertz CT molecular complexity index is 454. The summed E-state index contributed by atoms with van der Waals surface area (Å²) < 4.78 is 0. The smallest absolute Gasteiger partial charge is 0.227 e. The van der Waals surface area contributed by atoms with E-state index in [1.165, 1.54) is 12.8 Å². The van der Waals surface area contributed by atoms with Crippen LogP contribution in [0.2, 0.25) is 0 Å². The molecule has 0 saturated heterocycles. The molecule has 18 heavy (non-hydrogen) atoms. The van der Waals surface area contributed by atoms with Gasteiger partial charge in [-0.25, -0.2) is 0 Å². The van der Waals surface area contributed by atoms with Gasteiger partial charge in [0.1, 0.15) is 0 Å². The topological polar surface area (TPSA) is 46.3 Å². The number of hydrogen-bond acceptors (Lipinski definition) is 2. The van der Waals surface area contributed by atoms with Gasteiger partial charge in [0, 0.05) is 12.2 Å². The number of carbonyl (C=O) groups excluding carboxylic acids is 1. The maximum atomic E-state index is 12.1. The molecule has 0 radical (unpaired) electrons. The minimum atomic E-state index is 0.102. The van der Waals surface area contributed by atoms with Crippen molar-refractivity contribution in [2.24, 2.45) is 5.92 Å². The summed E-state index contributed by atoms with van der Waals surface area (Å²) in [6, 6.07) is 7.40. The fourth-order valence-corrected chi connectivity index (χ4v) is 1.90. The molecule has 2 rings (SSSR count). The first-order valence-electron chi connectivity index (χ1n) is 6.24. The minimum Gasteiger partial charge on any atom is -0.399 e. The predicted octanol–water partition coefficient (Wildman–Crippen LogP) is 1.68. The van der Waals surface area contributed by atoms with E-state index >= 15 is 0 Å². The highest BCUT2D eigenvalue weighted by molar-refractivity contribution is 5.79. The van der Waals surface area contributed by atoms with Crippen LogP contribution in [-0.2, 0) is 11.2 Å². The van der Waals surface area contributed by atoms with Gasteiger partial charge in [0.15, 0.2) is 0 Å². The molecule has 3 nitrogen and oxygen atoms in total. The molecular formula is C15H18N2O. The van der Waals surface area contributed by atoms with E-state index in [1.807, 2.05) is 24.3 Å². The van der Waals surface area contributed by atoms with Crippen LogP contribution in [0.3, 0.4) is 0 Å². The van der Waals surface area contributed by atoms with Gasteiger partial charge in [0.05, 0.1) is 13.0 Å². The normalized spacial score (nSPS) is 13.9. The molecule has 94 valence electrons. The van der Waals surface area contributed by atoms with Crippen molar-refractivity contribution < 1.29 is 4.79 Å². The van der Waals surface area contributed by atoms with E-state index in [4.69, 9.17) is 12.2 Å². The first-order chi connectivity index (χ1) is 8.69. The summed E-state index contributed by atoms with van der Waals surface area (Å²) >= 11 is 0. The van der Waals surface area contributed by atoms with Gasteiger partial charge >= 0.3 is 0 Å². The lowest BCUT2D eigenvalue weighted by atomic mass is 10.1. The van der Waals surface area contributed by atoms with Gasteiger partial charge in [-0.05, 0) is 36.5 Å². The molecule has 0 bridgehead atoms. The highest BCUT2D eigenvalue weighted by Crippen LogP contribution is 2.29. The van der Waals surface area contributed by atoms with E-state index in [0.29, 0.717) is 24.6 Å². The van der Waals surface area contributed by atoms with E-state index in [2.05, 4.69) is 5.92 Å². The van der Waals surface area contributed by atoms with Gasteiger partial charge in [0.2, 0.25) is 5.91 Å². The number of terminal acetylenes is 1. The Morgan fingerprint density at radius 1 is 1.39 bits per heavy atom. The number of amides is 1. The zero-order valence-corrected chi connectivity index (χ0v) is 10.4. The Morgan fingerprint density at radius 2 is 2.06 bits per heavy atom. The van der Waals surface area contributed by atoms with Crippen molar-refractivity contribution in [2.75, 3.05) is 18.8 Å². The first-order valence-corrected chi connectivity index (χ1v) is 6.24. The fraction of sp³-hybridized carbons (Fsp3) is 0.400. The van der Waals surface area contributed by atoms with Crippen LogP contribution in [-0.4, -0.2) is 23.9 Å². The van der Waals surface area contributed by atoms with Crippen molar-refractivity contribution in [1.29, 1.82) is 0 Å². The second-order valence-electron chi connectivity index (χ2n) is 4.84. The molecule has 0 aliphatic heterocycles. The van der Waals surface area contributed by atoms with Gasteiger partial charge in [-0.1, -0.05) is 18.1 Å². The number of carbonyl (C=O) groups is 1. The number of benzene rings is 1. The second-order valence-corrected chi connectivity index (χ2v) is 4.84. The number of nitrogens with two attached hydrogens (primary N) is 1. The van der Waals surface area contributed by atoms with E-state index < -0.39 is 0 Å². The lowest BCUT2D eigenvalue weighted by molar-refractivity contribution is -0.130. The summed E-state index contributed by atoms with van der Waals surface area (Å²) in [5.41, 5.74) is 7.31. The SMILES string of the molecule is C#CCN(CC1CC1)C(=O)Cc1ccc(N)cc1. The van der Waals surface area contributed by atoms with Crippen LogP contribution in [0, 0.1) is 18.3 Å². The third kappa shape index (κ3) is 3.53. The molecule has 3 heteroatoms. The molecule has 1 aliphatic rings. The van der Waals surface area contributed by atoms with Crippen molar-refractivity contribution in [2.45, 2.75) is 19.3 Å². The fourth-order valence-electron chi connectivity index (χ4n) is 1.90. The lowest BCUT2D eigenvalue weighted by Gasteiger charge is -2.20. The maximum Gasteiger partial charge on any atom is 0.227 e. The summed E-state index contributed by atoms with van der Waals surface area (Å²) in [5.74, 6) is 3.32. The molecule has 1 aliphatic carbocycles. The van der Waals surface area contributed by atoms with Crippen LogP contribution in [0.1, 0.15) is 18.4 Å². The van der Waals surface area contributed by atoms with Crippen molar-refractivity contribution in [3.8, 4) is 12.3 Å². The molecule has 0 unspecified atom stereocenters. The van der Waals surface area contributed by atoms with Gasteiger partial charge < -0.3 is 10.6 Å². The van der Waals surface area contributed by atoms with Crippen LogP contribution in [0.15, 0.2) is 24.3 Å². The van der Waals surface area contributed by atoms with Crippen LogP contribution >= 0.6 is 0 Å². The number of anilines is 1. The Morgan fingerprint density at radius 3 is 2.61 bits per heavy atom. The third-order valence-corrected chi connectivity index (χ3v) is 3.15. The van der Waals surface area contributed by atoms with Crippen LogP contribution in [0.5, 0.6) is 0 Å². The van der Waals surface area contributed by atoms with E-state index in [-0.39, 0.29) is 5.91 Å². The monoisotopic (exact) mass is 242 g/mol. The van der Waals surface area contributed by atoms with E-state index in [9.17, 15) is 4.79 Å². The molecule has 1 aromatic rings. The number of rotatable bonds is 5. The van der Waals surface area contributed by atoms with Gasteiger partial charge in [-0.3, -0.25) is 4.79 Å². The van der Waals surface area contributed by atoms with Crippen molar-refractivity contribution >= 4 is 11.6 Å². The van der Waals surface area contributed by atoms with E-state index in [0.717, 1.165) is 12.1 Å². The third-order valence-electron chi connectivity index (χ3n) is 3.15. The molecule has 0 heterocycles. The number of hydrogen-bond donors (Lipinski definition) is 1. The molecule has 1 amide bonds. The number of nitrogens with zero attached hydrogens (tertiary/aromatic N) is 1. The largest absolute Gasteiger partial charge is 0.399 e. The molecule has 2 N–H and O–H groups in total. The van der Waals surface area contributed by atoms with Gasteiger partial charge in [-0.2, -0.15) is 0 Å². The molecule has 1 fully saturated rings. The molecule has 1 saturated carbocycles. The van der Waals surface area contributed by atoms with Gasteiger partial charge in [0.25, 0.3) is 0 Å². The second kappa shape index (κ2) is 5.59. The minimum absolute atomic E-state index is 0.102. The summed E-state index contributed by atoms with van der Waals surface area (Å²) in [5, 5.41) is 0. The summed E-state index contributed by atoms with van der Waals surface area (Å²) in [7, 11) is 0. The summed E-state index contributed by atoms with van der Waals surface area (Å²) in [4.78, 5) is 13.9. The van der Waals surface area contributed by atoms with Crippen molar-refractivity contribution in [3.63, 3.8) is 0 Å². The van der Waals surface area contributed by atoms with Gasteiger partial charge in [-0.15, -0.1) is 6.42 Å². The quantitative estimate of drug-likeness (QED) is 0.631. The zero-order chi connectivity index (χ0) is 13.0. The predicted molar refractivity (Wildman–Crippen MR) is 72.7 cm³/mol. The highest BCUT2D eigenvalue weighted by atomic mass is 16.2. The van der Waals surface area contributed by atoms with Crippen LogP contribution in [0.25, 0.3) is 0 Å². The number of nitrogen functional groups attached to an aromatic ring is 1. The molecular weight excluding hydrogens is 224 g/mol. The Hall–Kier alpha value is -1.95.